The molecule has 7 rings (SSSR count). The first kappa shape index (κ1) is 22.6. The van der Waals surface area contributed by atoms with Gasteiger partial charge in [-0.15, -0.1) is 0 Å². The van der Waals surface area contributed by atoms with E-state index in [1.807, 2.05) is 0 Å². The van der Waals surface area contributed by atoms with Crippen LogP contribution in [0.15, 0.2) is 133 Å². The van der Waals surface area contributed by atoms with Crippen LogP contribution in [0.5, 0.6) is 0 Å². The zero-order valence-electron chi connectivity index (χ0n) is 21.7. The summed E-state index contributed by atoms with van der Waals surface area (Å²) in [5, 5.41) is 6.30. The molecule has 1 aliphatic carbocycles. The van der Waals surface area contributed by atoms with Crippen LogP contribution < -0.4 is 5.32 Å². The van der Waals surface area contributed by atoms with Crippen LogP contribution in [-0.4, -0.2) is 0 Å². The Morgan fingerprint density at radius 3 is 2.00 bits per heavy atom. The summed E-state index contributed by atoms with van der Waals surface area (Å²) >= 11 is 0. The molecule has 0 radical (unpaired) electrons. The molecule has 182 valence electrons. The van der Waals surface area contributed by atoms with Gasteiger partial charge in [0.1, 0.15) is 0 Å². The fraction of sp³-hybridized carbons (Fsp3) is 0.0811. The number of rotatable bonds is 4. The molecule has 0 amide bonds. The van der Waals surface area contributed by atoms with E-state index in [0.717, 1.165) is 11.4 Å². The maximum Gasteiger partial charge on any atom is 0.0463 e. The minimum Gasteiger partial charge on any atom is -0.355 e. The topological polar surface area (TPSA) is 12.0 Å². The van der Waals surface area contributed by atoms with E-state index in [9.17, 15) is 0 Å². The van der Waals surface area contributed by atoms with Gasteiger partial charge in [-0.05, 0) is 74.0 Å². The van der Waals surface area contributed by atoms with Crippen molar-refractivity contribution in [1.29, 1.82) is 0 Å². The quantitative estimate of drug-likeness (QED) is 0.261. The van der Waals surface area contributed by atoms with E-state index < -0.39 is 0 Å². The van der Waals surface area contributed by atoms with E-state index in [1.165, 1.54) is 55.3 Å². The standard InChI is InChI=1S/C37H29N/c1-37(2)34-23-27(30-17-10-14-25-13-6-7-15-29(25)30)19-21-32(34)33-22-20-28(24-35(33)37)38-36-18-9-8-16-31(36)26-11-4-3-5-12-26/h3-24,38H,1-2H3. The summed E-state index contributed by atoms with van der Waals surface area (Å²) in [6.07, 6.45) is 0. The minimum atomic E-state index is -0.0953. The summed E-state index contributed by atoms with van der Waals surface area (Å²) in [5.74, 6) is 0. The molecule has 0 aliphatic heterocycles. The maximum atomic E-state index is 3.72. The van der Waals surface area contributed by atoms with Crippen molar-refractivity contribution >= 4 is 22.1 Å². The molecule has 0 saturated carbocycles. The van der Waals surface area contributed by atoms with E-state index in [2.05, 4.69) is 153 Å². The third-order valence-corrected chi connectivity index (χ3v) is 8.07. The molecule has 0 bridgehead atoms. The monoisotopic (exact) mass is 487 g/mol. The lowest BCUT2D eigenvalue weighted by atomic mass is 9.81. The summed E-state index contributed by atoms with van der Waals surface area (Å²) in [6, 6.07) is 48.2. The van der Waals surface area contributed by atoms with Crippen molar-refractivity contribution < 1.29 is 0 Å². The average Bonchev–Trinajstić information content (AvgIpc) is 3.19. The van der Waals surface area contributed by atoms with Crippen LogP contribution in [0.3, 0.4) is 0 Å². The Bertz CT molecular complexity index is 1810. The number of para-hydroxylation sites is 1. The lowest BCUT2D eigenvalue weighted by Gasteiger charge is -2.23. The second kappa shape index (κ2) is 8.75. The van der Waals surface area contributed by atoms with Gasteiger partial charge in [0.05, 0.1) is 0 Å². The molecule has 0 spiro atoms. The summed E-state index contributed by atoms with van der Waals surface area (Å²) in [6.45, 7) is 4.71. The molecule has 38 heavy (non-hydrogen) atoms. The van der Waals surface area contributed by atoms with Crippen molar-refractivity contribution in [2.24, 2.45) is 0 Å². The van der Waals surface area contributed by atoms with Gasteiger partial charge in [0, 0.05) is 22.4 Å². The zero-order valence-corrected chi connectivity index (χ0v) is 21.7. The smallest absolute Gasteiger partial charge is 0.0463 e. The normalized spacial score (nSPS) is 13.2. The maximum absolute atomic E-state index is 3.72. The Balaban J connectivity index is 1.28. The van der Waals surface area contributed by atoms with Crippen molar-refractivity contribution in [2.45, 2.75) is 19.3 Å². The largest absolute Gasteiger partial charge is 0.355 e. The van der Waals surface area contributed by atoms with Crippen LogP contribution in [0.25, 0.3) is 44.2 Å². The third kappa shape index (κ3) is 3.63. The van der Waals surface area contributed by atoms with E-state index in [0.29, 0.717) is 0 Å². The number of benzene rings is 6. The van der Waals surface area contributed by atoms with E-state index in [4.69, 9.17) is 0 Å². The van der Waals surface area contributed by atoms with Gasteiger partial charge in [0.25, 0.3) is 0 Å². The Morgan fingerprint density at radius 1 is 0.474 bits per heavy atom. The highest BCUT2D eigenvalue weighted by Gasteiger charge is 2.36. The van der Waals surface area contributed by atoms with Crippen molar-refractivity contribution in [1.82, 2.24) is 0 Å². The van der Waals surface area contributed by atoms with Gasteiger partial charge in [-0.2, -0.15) is 0 Å². The molecule has 1 N–H and O–H groups in total. The summed E-state index contributed by atoms with van der Waals surface area (Å²) in [7, 11) is 0. The molecule has 6 aromatic rings. The SMILES string of the molecule is CC1(C)c2cc(Nc3ccccc3-c3ccccc3)ccc2-c2ccc(-c3cccc4ccccc34)cc21. The second-order valence-electron chi connectivity index (χ2n) is 10.7. The zero-order chi connectivity index (χ0) is 25.7. The van der Waals surface area contributed by atoms with Gasteiger partial charge in [0.15, 0.2) is 0 Å². The fourth-order valence-corrected chi connectivity index (χ4v) is 6.08. The lowest BCUT2D eigenvalue weighted by molar-refractivity contribution is 0.661. The highest BCUT2D eigenvalue weighted by molar-refractivity contribution is 5.97. The Morgan fingerprint density at radius 2 is 1.13 bits per heavy atom. The van der Waals surface area contributed by atoms with Gasteiger partial charge in [-0.3, -0.25) is 0 Å². The van der Waals surface area contributed by atoms with Crippen LogP contribution >= 0.6 is 0 Å². The van der Waals surface area contributed by atoms with Gasteiger partial charge in [-0.25, -0.2) is 0 Å². The average molecular weight is 488 g/mol. The molecule has 0 aromatic heterocycles. The van der Waals surface area contributed by atoms with Crippen molar-refractivity contribution in [3.8, 4) is 33.4 Å². The molecule has 0 fully saturated rings. The van der Waals surface area contributed by atoms with Crippen LogP contribution in [0.2, 0.25) is 0 Å². The van der Waals surface area contributed by atoms with E-state index >= 15 is 0 Å². The van der Waals surface area contributed by atoms with Crippen LogP contribution in [0.1, 0.15) is 25.0 Å². The van der Waals surface area contributed by atoms with Gasteiger partial charge in [0.2, 0.25) is 0 Å². The first-order valence-corrected chi connectivity index (χ1v) is 13.3. The van der Waals surface area contributed by atoms with Crippen molar-refractivity contribution in [2.75, 3.05) is 5.32 Å². The third-order valence-electron chi connectivity index (χ3n) is 8.07. The first-order valence-electron chi connectivity index (χ1n) is 13.3. The fourth-order valence-electron chi connectivity index (χ4n) is 6.08. The molecule has 6 aromatic carbocycles. The molecule has 1 aliphatic rings. The van der Waals surface area contributed by atoms with E-state index in [-0.39, 0.29) is 5.41 Å². The van der Waals surface area contributed by atoms with Crippen LogP contribution in [0, 0.1) is 0 Å². The van der Waals surface area contributed by atoms with Crippen molar-refractivity contribution in [3.05, 3.63) is 145 Å². The van der Waals surface area contributed by atoms with Gasteiger partial charge in [-0.1, -0.05) is 123 Å². The molecule has 0 saturated heterocycles. The van der Waals surface area contributed by atoms with Gasteiger partial charge < -0.3 is 5.32 Å². The predicted octanol–water partition coefficient (Wildman–Crippen LogP) is 10.2. The van der Waals surface area contributed by atoms with Crippen LogP contribution in [0.4, 0.5) is 11.4 Å². The molecule has 0 atom stereocenters. The predicted molar refractivity (Wildman–Crippen MR) is 162 cm³/mol. The van der Waals surface area contributed by atoms with Gasteiger partial charge >= 0.3 is 0 Å². The molecule has 0 unspecified atom stereocenters. The van der Waals surface area contributed by atoms with E-state index in [1.54, 1.807) is 0 Å². The number of hydrogen-bond donors (Lipinski definition) is 1. The number of nitrogens with one attached hydrogen (secondary N) is 1. The first-order chi connectivity index (χ1) is 18.6. The second-order valence-corrected chi connectivity index (χ2v) is 10.7. The molecule has 1 heteroatoms. The Kier molecular flexibility index (Phi) is 5.19. The lowest BCUT2D eigenvalue weighted by Crippen LogP contribution is -2.15. The summed E-state index contributed by atoms with van der Waals surface area (Å²) in [5.41, 5.74) is 12.5. The highest BCUT2D eigenvalue weighted by Crippen LogP contribution is 2.51. The highest BCUT2D eigenvalue weighted by atomic mass is 14.9. The Labute approximate surface area is 224 Å². The molecule has 1 nitrogen and oxygen atoms in total. The van der Waals surface area contributed by atoms with Crippen molar-refractivity contribution in [3.63, 3.8) is 0 Å². The molecular weight excluding hydrogens is 458 g/mol. The number of fused-ring (bicyclic) bond motifs is 4. The summed E-state index contributed by atoms with van der Waals surface area (Å²) < 4.78 is 0. The minimum absolute atomic E-state index is 0.0953. The molecule has 0 heterocycles. The Hall–Kier alpha value is -4.62. The summed E-state index contributed by atoms with van der Waals surface area (Å²) in [4.78, 5) is 0. The number of hydrogen-bond acceptors (Lipinski definition) is 1. The number of anilines is 2. The van der Waals surface area contributed by atoms with Crippen LogP contribution in [-0.2, 0) is 5.41 Å². The molecular formula is C37H29N.